The molecule has 4 rings (SSSR count). The summed E-state index contributed by atoms with van der Waals surface area (Å²) < 4.78 is 22.6. The van der Waals surface area contributed by atoms with Crippen LogP contribution in [0.25, 0.3) is 16.9 Å². The van der Waals surface area contributed by atoms with E-state index < -0.39 is 0 Å². The molecule has 2 heterocycles. The number of ether oxygens (including phenoxy) is 4. The van der Waals surface area contributed by atoms with Crippen molar-refractivity contribution in [1.82, 2.24) is 14.6 Å². The third-order valence-electron chi connectivity index (χ3n) is 4.97. The number of nitrogens with one attached hydrogen (secondary N) is 1. The van der Waals surface area contributed by atoms with Gasteiger partial charge in [0, 0.05) is 30.6 Å². The van der Waals surface area contributed by atoms with Gasteiger partial charge >= 0.3 is 0 Å². The van der Waals surface area contributed by atoms with Gasteiger partial charge in [-0.05, 0) is 42.5 Å². The van der Waals surface area contributed by atoms with Gasteiger partial charge < -0.3 is 30.0 Å². The monoisotopic (exact) mass is 463 g/mol. The summed E-state index contributed by atoms with van der Waals surface area (Å²) in [7, 11) is 3.17. The Bertz CT molecular complexity index is 1270. The zero-order valence-electron chi connectivity index (χ0n) is 18.9. The fourth-order valence-electron chi connectivity index (χ4n) is 3.24. The van der Waals surface area contributed by atoms with Crippen LogP contribution in [0.5, 0.6) is 11.5 Å². The number of amides is 1. The highest BCUT2D eigenvalue weighted by molar-refractivity contribution is 6.03. The van der Waals surface area contributed by atoms with Crippen LogP contribution >= 0.6 is 0 Å². The smallest absolute Gasteiger partial charge is 0.276 e. The Morgan fingerprint density at radius 3 is 2.65 bits per heavy atom. The molecule has 176 valence electrons. The van der Waals surface area contributed by atoms with E-state index in [0.717, 1.165) is 11.3 Å². The second-order valence-electron chi connectivity index (χ2n) is 7.23. The lowest BCUT2D eigenvalue weighted by molar-refractivity contribution is -0.00846. The van der Waals surface area contributed by atoms with Crippen LogP contribution in [0.4, 0.5) is 11.4 Å². The maximum absolute atomic E-state index is 12.8. The SMILES string of the molecule is COCCOCOc1ccc(NC(=O)c2cc3nccc(-c4ccc(N)c(OC)c4)n3n2)cc1. The van der Waals surface area contributed by atoms with Gasteiger partial charge in [0.2, 0.25) is 0 Å². The quantitative estimate of drug-likeness (QED) is 0.209. The number of nitrogens with two attached hydrogens (primary N) is 1. The van der Waals surface area contributed by atoms with Gasteiger partial charge in [0.25, 0.3) is 5.91 Å². The van der Waals surface area contributed by atoms with Crippen LogP contribution in [0, 0.1) is 0 Å². The van der Waals surface area contributed by atoms with Gasteiger partial charge in [-0.1, -0.05) is 6.07 Å². The molecular formula is C24H25N5O5. The van der Waals surface area contributed by atoms with E-state index in [1.165, 1.54) is 0 Å². The molecule has 0 aliphatic carbocycles. The van der Waals surface area contributed by atoms with Gasteiger partial charge in [0.05, 0.1) is 31.7 Å². The second kappa shape index (κ2) is 10.6. The Hall–Kier alpha value is -4.15. The van der Waals surface area contributed by atoms with E-state index in [2.05, 4.69) is 15.4 Å². The number of hydrogen-bond donors (Lipinski definition) is 2. The molecule has 10 heteroatoms. The first-order valence-corrected chi connectivity index (χ1v) is 10.5. The van der Waals surface area contributed by atoms with E-state index in [4.69, 9.17) is 24.7 Å². The van der Waals surface area contributed by atoms with Crippen molar-refractivity contribution in [3.8, 4) is 22.8 Å². The molecule has 2 aromatic carbocycles. The average molecular weight is 463 g/mol. The number of carbonyl (C=O) groups excluding carboxylic acids is 1. The molecule has 0 radical (unpaired) electrons. The predicted octanol–water partition coefficient (Wildman–Crippen LogP) is 3.24. The highest BCUT2D eigenvalue weighted by Gasteiger charge is 2.15. The number of fused-ring (bicyclic) bond motifs is 1. The minimum atomic E-state index is -0.358. The Morgan fingerprint density at radius 2 is 1.88 bits per heavy atom. The maximum atomic E-state index is 12.8. The molecular weight excluding hydrogens is 438 g/mol. The van der Waals surface area contributed by atoms with E-state index in [1.807, 2.05) is 18.2 Å². The summed E-state index contributed by atoms with van der Waals surface area (Å²) >= 11 is 0. The van der Waals surface area contributed by atoms with Crippen LogP contribution in [0.15, 0.2) is 60.8 Å². The molecule has 0 saturated carbocycles. The molecule has 1 amide bonds. The molecule has 34 heavy (non-hydrogen) atoms. The highest BCUT2D eigenvalue weighted by atomic mass is 16.7. The van der Waals surface area contributed by atoms with Gasteiger partial charge in [-0.15, -0.1) is 0 Å². The van der Waals surface area contributed by atoms with Crippen LogP contribution in [-0.4, -0.2) is 54.7 Å². The number of carbonyl (C=O) groups is 1. The number of nitrogens with zero attached hydrogens (tertiary/aromatic N) is 3. The number of hydrogen-bond acceptors (Lipinski definition) is 8. The van der Waals surface area contributed by atoms with Crippen molar-refractivity contribution in [2.24, 2.45) is 0 Å². The first-order chi connectivity index (χ1) is 16.6. The highest BCUT2D eigenvalue weighted by Crippen LogP contribution is 2.29. The summed E-state index contributed by atoms with van der Waals surface area (Å²) in [4.78, 5) is 17.1. The fourth-order valence-corrected chi connectivity index (χ4v) is 3.24. The number of nitrogen functional groups attached to an aromatic ring is 1. The van der Waals surface area contributed by atoms with E-state index in [0.29, 0.717) is 41.7 Å². The molecule has 0 bridgehead atoms. The molecule has 0 aliphatic heterocycles. The van der Waals surface area contributed by atoms with E-state index in [1.54, 1.807) is 61.3 Å². The molecule has 0 saturated heterocycles. The van der Waals surface area contributed by atoms with Crippen molar-refractivity contribution in [2.45, 2.75) is 0 Å². The number of anilines is 2. The van der Waals surface area contributed by atoms with Crippen molar-refractivity contribution >= 4 is 22.9 Å². The molecule has 4 aromatic rings. The van der Waals surface area contributed by atoms with Gasteiger partial charge in [-0.2, -0.15) is 5.10 Å². The molecule has 0 atom stereocenters. The number of rotatable bonds is 10. The Labute approximate surface area is 196 Å². The predicted molar refractivity (Wildman–Crippen MR) is 127 cm³/mol. The summed E-state index contributed by atoms with van der Waals surface area (Å²) in [6.07, 6.45) is 1.66. The summed E-state index contributed by atoms with van der Waals surface area (Å²) in [5.74, 6) is 0.820. The Kier molecular flexibility index (Phi) is 7.21. The first-order valence-electron chi connectivity index (χ1n) is 10.5. The number of aromatic nitrogens is 3. The summed E-state index contributed by atoms with van der Waals surface area (Å²) in [6.45, 7) is 1.07. The van der Waals surface area contributed by atoms with Gasteiger partial charge in [0.1, 0.15) is 11.5 Å². The summed E-state index contributed by atoms with van der Waals surface area (Å²) in [5.41, 5.74) is 9.41. The zero-order valence-corrected chi connectivity index (χ0v) is 18.9. The van der Waals surface area contributed by atoms with Crippen molar-refractivity contribution in [1.29, 1.82) is 0 Å². The second-order valence-corrected chi connectivity index (χ2v) is 7.23. The Balaban J connectivity index is 1.47. The molecule has 2 aromatic heterocycles. The number of benzene rings is 2. The van der Waals surface area contributed by atoms with Crippen LogP contribution in [0.3, 0.4) is 0 Å². The molecule has 3 N–H and O–H groups in total. The standard InChI is InChI=1S/C24H25N5O5/c1-31-11-12-33-15-34-18-6-4-17(5-7-18)27-24(30)20-14-23-26-10-9-21(29(23)28-20)16-3-8-19(25)22(13-16)32-2/h3-10,13-14H,11-12,15,25H2,1-2H3,(H,27,30). The summed E-state index contributed by atoms with van der Waals surface area (Å²) in [6, 6.07) is 15.8. The van der Waals surface area contributed by atoms with Gasteiger partial charge in [0.15, 0.2) is 18.1 Å². The molecule has 0 fully saturated rings. The molecule has 0 unspecified atom stereocenters. The minimum Gasteiger partial charge on any atom is -0.495 e. The fraction of sp³-hybridized carbons (Fsp3) is 0.208. The molecule has 0 spiro atoms. The lowest BCUT2D eigenvalue weighted by Crippen LogP contribution is -2.13. The largest absolute Gasteiger partial charge is 0.495 e. The van der Waals surface area contributed by atoms with Crippen LogP contribution in [0.2, 0.25) is 0 Å². The minimum absolute atomic E-state index is 0.117. The van der Waals surface area contributed by atoms with E-state index in [9.17, 15) is 4.79 Å². The Morgan fingerprint density at radius 1 is 1.06 bits per heavy atom. The lowest BCUT2D eigenvalue weighted by Gasteiger charge is -2.09. The summed E-state index contributed by atoms with van der Waals surface area (Å²) in [5, 5.41) is 7.30. The molecule has 0 aliphatic rings. The van der Waals surface area contributed by atoms with Crippen LogP contribution in [-0.2, 0) is 9.47 Å². The van der Waals surface area contributed by atoms with Crippen molar-refractivity contribution in [3.63, 3.8) is 0 Å². The lowest BCUT2D eigenvalue weighted by atomic mass is 10.1. The normalized spacial score (nSPS) is 10.9. The third-order valence-corrected chi connectivity index (χ3v) is 4.97. The third kappa shape index (κ3) is 5.25. The van der Waals surface area contributed by atoms with Gasteiger partial charge in [-0.25, -0.2) is 9.50 Å². The maximum Gasteiger partial charge on any atom is 0.276 e. The topological polar surface area (TPSA) is 122 Å². The van der Waals surface area contributed by atoms with Gasteiger partial charge in [-0.3, -0.25) is 4.79 Å². The number of methoxy groups -OCH3 is 2. The van der Waals surface area contributed by atoms with Crippen molar-refractivity contribution in [3.05, 3.63) is 66.5 Å². The molecule has 10 nitrogen and oxygen atoms in total. The van der Waals surface area contributed by atoms with E-state index >= 15 is 0 Å². The van der Waals surface area contributed by atoms with Crippen molar-refractivity contribution in [2.75, 3.05) is 45.3 Å². The zero-order chi connectivity index (χ0) is 23.9. The van der Waals surface area contributed by atoms with Crippen LogP contribution < -0.4 is 20.5 Å². The van der Waals surface area contributed by atoms with Crippen molar-refractivity contribution < 1.29 is 23.7 Å². The van der Waals surface area contributed by atoms with Crippen LogP contribution in [0.1, 0.15) is 10.5 Å². The average Bonchev–Trinajstić information content (AvgIpc) is 3.30. The van der Waals surface area contributed by atoms with E-state index in [-0.39, 0.29) is 18.4 Å². The first kappa shape index (κ1) is 23.0.